The average molecular weight is 263 g/mol. The van der Waals surface area contributed by atoms with Gasteiger partial charge in [0.05, 0.1) is 12.3 Å². The van der Waals surface area contributed by atoms with Gasteiger partial charge in [-0.3, -0.25) is 9.58 Å². The number of hydrogen-bond acceptors (Lipinski definition) is 5. The lowest BCUT2D eigenvalue weighted by molar-refractivity contribution is 0.204. The van der Waals surface area contributed by atoms with Gasteiger partial charge in [0.15, 0.2) is 0 Å². The van der Waals surface area contributed by atoms with Crippen molar-refractivity contribution >= 4 is 5.82 Å². The second-order valence-corrected chi connectivity index (χ2v) is 4.93. The topological polar surface area (TPSA) is 68.3 Å². The van der Waals surface area contributed by atoms with Crippen molar-refractivity contribution in [2.24, 2.45) is 7.05 Å². The number of anilines is 1. The van der Waals surface area contributed by atoms with Crippen LogP contribution in [0.25, 0.3) is 0 Å². The molecule has 6 nitrogen and oxygen atoms in total. The van der Waals surface area contributed by atoms with Crippen molar-refractivity contribution < 1.29 is 5.11 Å². The summed E-state index contributed by atoms with van der Waals surface area (Å²) in [6.07, 6.45) is 1.04. The van der Waals surface area contributed by atoms with E-state index in [1.165, 1.54) is 0 Å². The largest absolute Gasteiger partial charge is 0.395 e. The third-order valence-electron chi connectivity index (χ3n) is 3.61. The molecule has 1 N–H and O–H groups in total. The lowest BCUT2D eigenvalue weighted by Crippen LogP contribution is -2.33. The van der Waals surface area contributed by atoms with Crippen molar-refractivity contribution in [2.45, 2.75) is 13.3 Å². The quantitative estimate of drug-likeness (QED) is 0.838. The Morgan fingerprint density at radius 2 is 2.11 bits per heavy atom. The summed E-state index contributed by atoms with van der Waals surface area (Å²) in [4.78, 5) is 4.49. The predicted molar refractivity (Wildman–Crippen MR) is 73.0 cm³/mol. The third-order valence-corrected chi connectivity index (χ3v) is 3.61. The second-order valence-electron chi connectivity index (χ2n) is 4.93. The summed E-state index contributed by atoms with van der Waals surface area (Å²) in [5.41, 5.74) is 1.47. The van der Waals surface area contributed by atoms with E-state index in [1.54, 1.807) is 4.68 Å². The van der Waals surface area contributed by atoms with E-state index in [2.05, 4.69) is 21.0 Å². The zero-order chi connectivity index (χ0) is 13.8. The van der Waals surface area contributed by atoms with Gasteiger partial charge in [0.25, 0.3) is 0 Å². The van der Waals surface area contributed by atoms with Crippen LogP contribution in [0, 0.1) is 18.3 Å². The molecular formula is C13H21N5O. The van der Waals surface area contributed by atoms with E-state index in [9.17, 15) is 5.26 Å². The minimum absolute atomic E-state index is 0.203. The van der Waals surface area contributed by atoms with Gasteiger partial charge >= 0.3 is 0 Å². The molecule has 0 unspecified atom stereocenters. The van der Waals surface area contributed by atoms with Crippen molar-refractivity contribution in [2.75, 3.05) is 44.2 Å². The molecular weight excluding hydrogens is 242 g/mol. The van der Waals surface area contributed by atoms with E-state index >= 15 is 0 Å². The lowest BCUT2D eigenvalue weighted by Gasteiger charge is -2.23. The van der Waals surface area contributed by atoms with E-state index in [1.807, 2.05) is 14.0 Å². The molecule has 1 fully saturated rings. The highest BCUT2D eigenvalue weighted by molar-refractivity contribution is 5.57. The molecule has 6 heteroatoms. The molecule has 0 amide bonds. The standard InChI is InChI=1S/C13H21N5O/c1-11-12(10-14)13(16(2)15-11)18-5-3-4-17(6-7-18)8-9-19/h19H,3-9H2,1-2H3. The van der Waals surface area contributed by atoms with Crippen LogP contribution in [-0.2, 0) is 7.05 Å². The first kappa shape index (κ1) is 13.8. The summed E-state index contributed by atoms with van der Waals surface area (Å²) < 4.78 is 1.80. The van der Waals surface area contributed by atoms with Crippen LogP contribution in [0.3, 0.4) is 0 Å². The number of β-amino-alcohol motifs (C(OH)–C–C–N with tert-alkyl or cyclic N) is 1. The Kier molecular flexibility index (Phi) is 4.40. The van der Waals surface area contributed by atoms with Crippen molar-refractivity contribution in [3.63, 3.8) is 0 Å². The van der Waals surface area contributed by atoms with Crippen LogP contribution in [-0.4, -0.2) is 59.1 Å². The molecule has 0 spiro atoms. The summed E-state index contributed by atoms with van der Waals surface area (Å²) in [5, 5.41) is 22.6. The first-order chi connectivity index (χ1) is 9.17. The number of aromatic nitrogens is 2. The van der Waals surface area contributed by atoms with E-state index in [4.69, 9.17) is 5.11 Å². The number of aliphatic hydroxyl groups is 1. The van der Waals surface area contributed by atoms with Crippen LogP contribution >= 0.6 is 0 Å². The van der Waals surface area contributed by atoms with E-state index < -0.39 is 0 Å². The van der Waals surface area contributed by atoms with Crippen molar-refractivity contribution in [1.82, 2.24) is 14.7 Å². The van der Waals surface area contributed by atoms with Crippen LogP contribution < -0.4 is 4.90 Å². The Morgan fingerprint density at radius 1 is 1.32 bits per heavy atom. The van der Waals surface area contributed by atoms with Gasteiger partial charge in [-0.1, -0.05) is 0 Å². The maximum atomic E-state index is 9.28. The molecule has 19 heavy (non-hydrogen) atoms. The highest BCUT2D eigenvalue weighted by atomic mass is 16.3. The summed E-state index contributed by atoms with van der Waals surface area (Å²) in [5.74, 6) is 0.922. The Bertz CT molecular complexity index is 476. The van der Waals surface area contributed by atoms with Crippen LogP contribution in [0.4, 0.5) is 5.82 Å². The number of nitriles is 1. The monoisotopic (exact) mass is 263 g/mol. The van der Waals surface area contributed by atoms with E-state index in [-0.39, 0.29) is 6.61 Å². The van der Waals surface area contributed by atoms with Gasteiger partial charge in [-0.25, -0.2) is 0 Å². The highest BCUT2D eigenvalue weighted by Crippen LogP contribution is 2.23. The maximum Gasteiger partial charge on any atom is 0.145 e. The van der Waals surface area contributed by atoms with Crippen molar-refractivity contribution in [1.29, 1.82) is 5.26 Å². The fourth-order valence-corrected chi connectivity index (χ4v) is 2.69. The lowest BCUT2D eigenvalue weighted by atomic mass is 10.2. The minimum atomic E-state index is 0.203. The number of aliphatic hydroxyl groups excluding tert-OH is 1. The maximum absolute atomic E-state index is 9.28. The highest BCUT2D eigenvalue weighted by Gasteiger charge is 2.22. The van der Waals surface area contributed by atoms with Crippen LogP contribution in [0.15, 0.2) is 0 Å². The number of aryl methyl sites for hydroxylation is 2. The molecule has 1 aromatic rings. The van der Waals surface area contributed by atoms with Gasteiger partial charge in [-0.15, -0.1) is 0 Å². The average Bonchev–Trinajstić information content (AvgIpc) is 2.55. The van der Waals surface area contributed by atoms with Crippen molar-refractivity contribution in [3.05, 3.63) is 11.3 Å². The molecule has 0 atom stereocenters. The molecule has 0 bridgehead atoms. The number of hydrogen-bond donors (Lipinski definition) is 1. The van der Waals surface area contributed by atoms with Crippen LogP contribution in [0.5, 0.6) is 0 Å². The number of nitrogens with zero attached hydrogens (tertiary/aromatic N) is 5. The SMILES string of the molecule is Cc1nn(C)c(N2CCCN(CCO)CC2)c1C#N. The van der Waals surface area contributed by atoms with E-state index in [0.717, 1.165) is 50.7 Å². The molecule has 104 valence electrons. The zero-order valence-corrected chi connectivity index (χ0v) is 11.6. The molecule has 0 aromatic carbocycles. The summed E-state index contributed by atoms with van der Waals surface area (Å²) in [6.45, 7) is 6.50. The van der Waals surface area contributed by atoms with Crippen LogP contribution in [0.2, 0.25) is 0 Å². The first-order valence-corrected chi connectivity index (χ1v) is 6.69. The van der Waals surface area contributed by atoms with Gasteiger partial charge in [-0.05, 0) is 19.9 Å². The summed E-state index contributed by atoms with van der Waals surface area (Å²) in [7, 11) is 1.89. The minimum Gasteiger partial charge on any atom is -0.395 e. The predicted octanol–water partition coefficient (Wildman–Crippen LogP) is 0.105. The Labute approximate surface area is 113 Å². The summed E-state index contributed by atoms with van der Waals surface area (Å²) >= 11 is 0. The molecule has 2 rings (SSSR count). The zero-order valence-electron chi connectivity index (χ0n) is 11.6. The van der Waals surface area contributed by atoms with Gasteiger partial charge in [0.2, 0.25) is 0 Å². The molecule has 0 aliphatic carbocycles. The number of rotatable bonds is 3. The van der Waals surface area contributed by atoms with Gasteiger partial charge in [0.1, 0.15) is 17.5 Å². The summed E-state index contributed by atoms with van der Waals surface area (Å²) in [6, 6.07) is 2.26. The van der Waals surface area contributed by atoms with Crippen LogP contribution in [0.1, 0.15) is 17.7 Å². The van der Waals surface area contributed by atoms with Crippen molar-refractivity contribution in [3.8, 4) is 6.07 Å². The molecule has 1 aromatic heterocycles. The first-order valence-electron chi connectivity index (χ1n) is 6.69. The third kappa shape index (κ3) is 2.88. The fraction of sp³-hybridized carbons (Fsp3) is 0.692. The molecule has 0 saturated carbocycles. The molecule has 2 heterocycles. The van der Waals surface area contributed by atoms with Gasteiger partial charge in [-0.2, -0.15) is 10.4 Å². The molecule has 1 saturated heterocycles. The fourth-order valence-electron chi connectivity index (χ4n) is 2.69. The van der Waals surface area contributed by atoms with Gasteiger partial charge < -0.3 is 10.0 Å². The normalized spacial score (nSPS) is 17.3. The Balaban J connectivity index is 2.17. The molecule has 1 aliphatic rings. The smallest absolute Gasteiger partial charge is 0.145 e. The Hall–Kier alpha value is -1.58. The van der Waals surface area contributed by atoms with Gasteiger partial charge in [0, 0.05) is 33.2 Å². The molecule has 0 radical (unpaired) electrons. The van der Waals surface area contributed by atoms with E-state index in [0.29, 0.717) is 5.56 Å². The Morgan fingerprint density at radius 3 is 2.79 bits per heavy atom. The molecule has 1 aliphatic heterocycles. The second kappa shape index (κ2) is 6.04.